The first-order valence-electron chi connectivity index (χ1n) is 5.97. The lowest BCUT2D eigenvalue weighted by Crippen LogP contribution is -2.26. The highest BCUT2D eigenvalue weighted by Crippen LogP contribution is 2.20. The van der Waals surface area contributed by atoms with Crippen LogP contribution in [0.1, 0.15) is 38.9 Å². The molecule has 1 unspecified atom stereocenters. The molecule has 0 saturated carbocycles. The van der Waals surface area contributed by atoms with Gasteiger partial charge in [-0.3, -0.25) is 4.79 Å². The van der Waals surface area contributed by atoms with Crippen LogP contribution in [0.2, 0.25) is 5.02 Å². The summed E-state index contributed by atoms with van der Waals surface area (Å²) in [6.45, 7) is 5.70. The molecule has 1 aromatic heterocycles. The molecule has 2 rings (SSSR count). The number of thiazole rings is 1. The van der Waals surface area contributed by atoms with Gasteiger partial charge in [-0.1, -0.05) is 23.7 Å². The van der Waals surface area contributed by atoms with Gasteiger partial charge in [-0.05, 0) is 38.5 Å². The molecule has 0 aliphatic carbocycles. The van der Waals surface area contributed by atoms with Crippen LogP contribution < -0.4 is 5.32 Å². The van der Waals surface area contributed by atoms with Crippen molar-refractivity contribution in [3.8, 4) is 0 Å². The van der Waals surface area contributed by atoms with Gasteiger partial charge in [0.05, 0.1) is 16.7 Å². The number of hydrogen-bond acceptors (Lipinski definition) is 3. The predicted octanol–water partition coefficient (Wildman–Crippen LogP) is 3.90. The third-order valence-corrected chi connectivity index (χ3v) is 4.15. The minimum atomic E-state index is -0.0782. The van der Waals surface area contributed by atoms with E-state index in [4.69, 9.17) is 11.6 Å². The Morgan fingerprint density at radius 1 is 1.32 bits per heavy atom. The zero-order valence-corrected chi connectivity index (χ0v) is 12.6. The highest BCUT2D eigenvalue weighted by Gasteiger charge is 2.16. The van der Waals surface area contributed by atoms with Gasteiger partial charge >= 0.3 is 0 Å². The molecule has 3 nitrogen and oxygen atoms in total. The number of amides is 1. The second-order valence-electron chi connectivity index (χ2n) is 4.39. The highest BCUT2D eigenvalue weighted by atomic mass is 35.5. The Hall–Kier alpha value is -1.39. The molecule has 0 aliphatic heterocycles. The Balaban J connectivity index is 2.10. The summed E-state index contributed by atoms with van der Waals surface area (Å²) < 4.78 is 0. The number of aryl methyl sites for hydroxylation is 2. The highest BCUT2D eigenvalue weighted by molar-refractivity contribution is 7.13. The molecule has 5 heteroatoms. The number of rotatable bonds is 3. The SMILES string of the molecule is Cc1nc(C)c(C(=O)NC(C)c2ccc(Cl)cc2)s1. The Morgan fingerprint density at radius 3 is 2.47 bits per heavy atom. The van der Waals surface area contributed by atoms with Crippen LogP contribution in [0.25, 0.3) is 0 Å². The fraction of sp³-hybridized carbons (Fsp3) is 0.286. The van der Waals surface area contributed by atoms with Crippen molar-refractivity contribution in [3.63, 3.8) is 0 Å². The van der Waals surface area contributed by atoms with Gasteiger partial charge in [-0.2, -0.15) is 0 Å². The van der Waals surface area contributed by atoms with E-state index in [-0.39, 0.29) is 11.9 Å². The summed E-state index contributed by atoms with van der Waals surface area (Å²) in [6, 6.07) is 7.41. The molecular weight excluding hydrogens is 280 g/mol. The monoisotopic (exact) mass is 294 g/mol. The predicted molar refractivity (Wildman–Crippen MR) is 78.9 cm³/mol. The summed E-state index contributed by atoms with van der Waals surface area (Å²) in [5, 5.41) is 4.57. The molecule has 0 aliphatic rings. The van der Waals surface area contributed by atoms with E-state index in [1.165, 1.54) is 11.3 Å². The lowest BCUT2D eigenvalue weighted by Gasteiger charge is -2.13. The lowest BCUT2D eigenvalue weighted by atomic mass is 10.1. The number of aromatic nitrogens is 1. The Kier molecular flexibility index (Phi) is 4.22. The fourth-order valence-electron chi connectivity index (χ4n) is 1.84. The maximum atomic E-state index is 12.2. The number of carbonyl (C=O) groups excluding carboxylic acids is 1. The van der Waals surface area contributed by atoms with E-state index in [0.29, 0.717) is 9.90 Å². The molecule has 2 aromatic rings. The van der Waals surface area contributed by atoms with E-state index < -0.39 is 0 Å². The molecule has 1 atom stereocenters. The normalized spacial score (nSPS) is 12.2. The molecule has 100 valence electrons. The molecule has 0 spiro atoms. The molecule has 1 heterocycles. The van der Waals surface area contributed by atoms with Crippen molar-refractivity contribution in [1.82, 2.24) is 10.3 Å². The number of carbonyl (C=O) groups is 1. The van der Waals surface area contributed by atoms with Crippen LogP contribution in [-0.2, 0) is 0 Å². The summed E-state index contributed by atoms with van der Waals surface area (Å²) in [5.41, 5.74) is 1.81. The van der Waals surface area contributed by atoms with E-state index in [9.17, 15) is 4.79 Å². The molecule has 1 N–H and O–H groups in total. The molecule has 0 saturated heterocycles. The van der Waals surface area contributed by atoms with Gasteiger partial charge in [0.25, 0.3) is 5.91 Å². The van der Waals surface area contributed by atoms with Crippen molar-refractivity contribution in [2.45, 2.75) is 26.8 Å². The van der Waals surface area contributed by atoms with Gasteiger partial charge in [0.15, 0.2) is 0 Å². The van der Waals surface area contributed by atoms with Gasteiger partial charge in [0.2, 0.25) is 0 Å². The second-order valence-corrected chi connectivity index (χ2v) is 6.03. The molecule has 1 aromatic carbocycles. The van der Waals surface area contributed by atoms with Crippen LogP contribution in [-0.4, -0.2) is 10.9 Å². The summed E-state index contributed by atoms with van der Waals surface area (Å²) in [5.74, 6) is -0.0782. The number of benzene rings is 1. The van der Waals surface area contributed by atoms with Crippen molar-refractivity contribution in [2.24, 2.45) is 0 Å². The third-order valence-electron chi connectivity index (χ3n) is 2.83. The van der Waals surface area contributed by atoms with Crippen molar-refractivity contribution < 1.29 is 4.79 Å². The van der Waals surface area contributed by atoms with E-state index in [0.717, 1.165) is 16.3 Å². The molecule has 0 bridgehead atoms. The minimum Gasteiger partial charge on any atom is -0.345 e. The topological polar surface area (TPSA) is 42.0 Å². The van der Waals surface area contributed by atoms with Gasteiger partial charge in [-0.15, -0.1) is 11.3 Å². The summed E-state index contributed by atoms with van der Waals surface area (Å²) in [6.07, 6.45) is 0. The van der Waals surface area contributed by atoms with Crippen LogP contribution in [0.3, 0.4) is 0 Å². The maximum absolute atomic E-state index is 12.2. The number of nitrogens with one attached hydrogen (secondary N) is 1. The van der Waals surface area contributed by atoms with Gasteiger partial charge < -0.3 is 5.32 Å². The molecule has 0 radical (unpaired) electrons. The average Bonchev–Trinajstić information content (AvgIpc) is 2.69. The van der Waals surface area contributed by atoms with E-state index in [1.54, 1.807) is 0 Å². The van der Waals surface area contributed by atoms with E-state index in [1.807, 2.05) is 45.0 Å². The number of nitrogens with zero attached hydrogens (tertiary/aromatic N) is 1. The summed E-state index contributed by atoms with van der Waals surface area (Å²) in [4.78, 5) is 17.1. The van der Waals surface area contributed by atoms with Crippen LogP contribution in [0, 0.1) is 13.8 Å². The Bertz CT molecular complexity index is 592. The molecule has 19 heavy (non-hydrogen) atoms. The van der Waals surface area contributed by atoms with Crippen molar-refractivity contribution >= 4 is 28.8 Å². The van der Waals surface area contributed by atoms with Crippen molar-refractivity contribution in [3.05, 3.63) is 50.4 Å². The zero-order chi connectivity index (χ0) is 14.0. The molecular formula is C14H15ClN2OS. The standard InChI is InChI=1S/C14H15ClN2OS/c1-8(11-4-6-12(15)7-5-11)17-14(18)13-9(2)16-10(3)19-13/h4-8H,1-3H3,(H,17,18). The van der Waals surface area contributed by atoms with E-state index >= 15 is 0 Å². The van der Waals surface area contributed by atoms with Crippen LogP contribution in [0.15, 0.2) is 24.3 Å². The Labute approximate surface area is 121 Å². The van der Waals surface area contributed by atoms with Crippen molar-refractivity contribution in [2.75, 3.05) is 0 Å². The second kappa shape index (κ2) is 5.72. The number of hydrogen-bond donors (Lipinski definition) is 1. The quantitative estimate of drug-likeness (QED) is 0.933. The minimum absolute atomic E-state index is 0.0634. The lowest BCUT2D eigenvalue weighted by molar-refractivity contribution is 0.0943. The van der Waals surface area contributed by atoms with Gasteiger partial charge in [0.1, 0.15) is 4.88 Å². The number of halogens is 1. The summed E-state index contributed by atoms with van der Waals surface area (Å²) >= 11 is 7.27. The molecule has 0 fully saturated rings. The van der Waals surface area contributed by atoms with E-state index in [2.05, 4.69) is 10.3 Å². The average molecular weight is 295 g/mol. The largest absolute Gasteiger partial charge is 0.345 e. The first-order chi connectivity index (χ1) is 8.97. The van der Waals surface area contributed by atoms with Crippen molar-refractivity contribution in [1.29, 1.82) is 0 Å². The smallest absolute Gasteiger partial charge is 0.263 e. The fourth-order valence-corrected chi connectivity index (χ4v) is 2.79. The van der Waals surface area contributed by atoms with Gasteiger partial charge in [0, 0.05) is 5.02 Å². The first kappa shape index (κ1) is 14.0. The maximum Gasteiger partial charge on any atom is 0.263 e. The third kappa shape index (κ3) is 3.33. The summed E-state index contributed by atoms with van der Waals surface area (Å²) in [7, 11) is 0. The van der Waals surface area contributed by atoms with Crippen LogP contribution in [0.4, 0.5) is 0 Å². The Morgan fingerprint density at radius 2 is 1.95 bits per heavy atom. The van der Waals surface area contributed by atoms with Crippen LogP contribution >= 0.6 is 22.9 Å². The molecule has 1 amide bonds. The zero-order valence-electron chi connectivity index (χ0n) is 11.0. The van der Waals surface area contributed by atoms with Gasteiger partial charge in [-0.25, -0.2) is 4.98 Å². The first-order valence-corrected chi connectivity index (χ1v) is 7.17. The van der Waals surface area contributed by atoms with Crippen LogP contribution in [0.5, 0.6) is 0 Å².